The van der Waals surface area contributed by atoms with Gasteiger partial charge in [0.15, 0.2) is 5.75 Å². The van der Waals surface area contributed by atoms with Gasteiger partial charge in [-0.15, -0.1) is 24.8 Å². The lowest BCUT2D eigenvalue weighted by Gasteiger charge is -2.35. The van der Waals surface area contributed by atoms with E-state index in [4.69, 9.17) is 0 Å². The Balaban J connectivity index is 0.00000242. The Labute approximate surface area is 149 Å². The fraction of sp³-hybridized carbons (Fsp3) is 0.600. The zero-order valence-corrected chi connectivity index (χ0v) is 14.9. The minimum absolute atomic E-state index is 0. The number of nitrogens with zero attached hydrogens (tertiary/aromatic N) is 2. The number of rotatable bonds is 6. The van der Waals surface area contributed by atoms with Gasteiger partial charge in [-0.25, -0.2) is 0 Å². The van der Waals surface area contributed by atoms with Gasteiger partial charge in [0, 0.05) is 38.3 Å². The molecule has 2 N–H and O–H groups in total. The Kier molecular flexibility index (Phi) is 10.1. The molecule has 1 atom stereocenters. The van der Waals surface area contributed by atoms with Crippen LogP contribution in [0.15, 0.2) is 18.2 Å². The van der Waals surface area contributed by atoms with Crippen LogP contribution in [-0.4, -0.2) is 41.1 Å². The molecule has 0 radical (unpaired) electrons. The van der Waals surface area contributed by atoms with E-state index >= 15 is 0 Å². The van der Waals surface area contributed by atoms with Crippen molar-refractivity contribution in [2.75, 3.05) is 26.2 Å². The van der Waals surface area contributed by atoms with E-state index in [1.807, 2.05) is 6.07 Å². The predicted octanol–water partition coefficient (Wildman–Crippen LogP) is 3.28. The summed E-state index contributed by atoms with van der Waals surface area (Å²) in [7, 11) is 0. The number of hydrogen-bond donors (Lipinski definition) is 2. The van der Waals surface area contributed by atoms with Gasteiger partial charge in [0.2, 0.25) is 0 Å². The molecule has 0 aromatic heterocycles. The first-order chi connectivity index (χ1) is 10.1. The number of aromatic hydroxyl groups is 1. The average molecular weight is 366 g/mol. The molecule has 1 aromatic carbocycles. The van der Waals surface area contributed by atoms with Gasteiger partial charge in [-0.2, -0.15) is 0 Å². The second kappa shape index (κ2) is 10.6. The van der Waals surface area contributed by atoms with Crippen LogP contribution in [0.3, 0.4) is 0 Å². The van der Waals surface area contributed by atoms with E-state index in [-0.39, 0.29) is 42.3 Å². The molecular weight excluding hydrogens is 341 g/mol. The van der Waals surface area contributed by atoms with E-state index in [1.165, 1.54) is 12.1 Å². The number of nitrogens with one attached hydrogen (secondary N) is 1. The van der Waals surface area contributed by atoms with Gasteiger partial charge in [0.1, 0.15) is 0 Å². The number of piperazine rings is 1. The largest absolute Gasteiger partial charge is 0.502 e. The number of phenols is 1. The van der Waals surface area contributed by atoms with Crippen LogP contribution in [0.4, 0.5) is 5.69 Å². The molecule has 0 bridgehead atoms. The maximum atomic E-state index is 11.0. The predicted molar refractivity (Wildman–Crippen MR) is 96.0 cm³/mol. The number of nitro benzene ring substituents is 1. The van der Waals surface area contributed by atoms with Crippen molar-refractivity contribution in [1.29, 1.82) is 0 Å². The molecule has 1 fully saturated rings. The molecule has 1 aromatic rings. The summed E-state index contributed by atoms with van der Waals surface area (Å²) >= 11 is 0. The molecule has 0 saturated carbocycles. The molecule has 0 unspecified atom stereocenters. The zero-order chi connectivity index (χ0) is 15.2. The molecule has 8 heteroatoms. The molecule has 1 heterocycles. The summed E-state index contributed by atoms with van der Waals surface area (Å²) in [5, 5.41) is 23.9. The number of unbranched alkanes of at least 4 members (excludes halogenated alkanes) is 1. The van der Waals surface area contributed by atoms with Gasteiger partial charge in [-0.1, -0.05) is 25.8 Å². The van der Waals surface area contributed by atoms with Crippen LogP contribution >= 0.6 is 24.8 Å². The SMILES string of the molecule is CCCC[C@H](c1ccc(O)c([N+](=O)[O-])c1)N1CCNCC1.Cl.Cl. The van der Waals surface area contributed by atoms with Crippen LogP contribution in [0.2, 0.25) is 0 Å². The quantitative estimate of drug-likeness (QED) is 0.597. The van der Waals surface area contributed by atoms with Crippen molar-refractivity contribution in [2.24, 2.45) is 0 Å². The highest BCUT2D eigenvalue weighted by Gasteiger charge is 2.24. The minimum atomic E-state index is -0.520. The maximum absolute atomic E-state index is 11.0. The van der Waals surface area contributed by atoms with Crippen LogP contribution in [-0.2, 0) is 0 Å². The van der Waals surface area contributed by atoms with Crippen molar-refractivity contribution >= 4 is 30.5 Å². The van der Waals surface area contributed by atoms with Gasteiger partial charge >= 0.3 is 5.69 Å². The smallest absolute Gasteiger partial charge is 0.311 e. The monoisotopic (exact) mass is 365 g/mol. The zero-order valence-electron chi connectivity index (χ0n) is 13.2. The first kappa shape index (κ1) is 21.9. The summed E-state index contributed by atoms with van der Waals surface area (Å²) in [6, 6.07) is 4.96. The molecule has 0 aliphatic carbocycles. The summed E-state index contributed by atoms with van der Waals surface area (Å²) in [6.45, 7) is 5.94. The topological polar surface area (TPSA) is 78.6 Å². The summed E-state index contributed by atoms with van der Waals surface area (Å²) < 4.78 is 0. The number of benzene rings is 1. The third-order valence-corrected chi connectivity index (χ3v) is 4.00. The third-order valence-electron chi connectivity index (χ3n) is 4.00. The number of phenolic OH excluding ortho intramolecular Hbond substituents is 1. The van der Waals surface area contributed by atoms with Crippen molar-refractivity contribution in [3.8, 4) is 5.75 Å². The highest BCUT2D eigenvalue weighted by atomic mass is 35.5. The van der Waals surface area contributed by atoms with E-state index in [0.717, 1.165) is 51.0 Å². The van der Waals surface area contributed by atoms with Crippen molar-refractivity contribution in [3.05, 3.63) is 33.9 Å². The molecule has 2 rings (SSSR count). The van der Waals surface area contributed by atoms with Crippen LogP contribution < -0.4 is 5.32 Å². The van der Waals surface area contributed by atoms with Crippen molar-refractivity contribution < 1.29 is 10.0 Å². The van der Waals surface area contributed by atoms with E-state index in [9.17, 15) is 15.2 Å². The van der Waals surface area contributed by atoms with Gasteiger partial charge in [0.05, 0.1) is 4.92 Å². The lowest BCUT2D eigenvalue weighted by atomic mass is 9.98. The first-order valence-electron chi connectivity index (χ1n) is 7.55. The van der Waals surface area contributed by atoms with Gasteiger partial charge in [-0.05, 0) is 18.1 Å². The molecular formula is C15H25Cl2N3O3. The second-order valence-electron chi connectivity index (χ2n) is 5.45. The molecule has 0 amide bonds. The molecule has 1 aliphatic heterocycles. The first-order valence-corrected chi connectivity index (χ1v) is 7.55. The summed E-state index contributed by atoms with van der Waals surface area (Å²) in [5.74, 6) is -0.265. The Hall–Kier alpha value is -1.08. The Morgan fingerprint density at radius 3 is 2.57 bits per heavy atom. The van der Waals surface area contributed by atoms with Crippen molar-refractivity contribution in [1.82, 2.24) is 10.2 Å². The van der Waals surface area contributed by atoms with Crippen molar-refractivity contribution in [2.45, 2.75) is 32.2 Å². The number of hydrogen-bond acceptors (Lipinski definition) is 5. The summed E-state index contributed by atoms with van der Waals surface area (Å²) in [4.78, 5) is 12.9. The molecule has 132 valence electrons. The van der Waals surface area contributed by atoms with Gasteiger partial charge < -0.3 is 10.4 Å². The van der Waals surface area contributed by atoms with Gasteiger partial charge in [0.25, 0.3) is 0 Å². The highest BCUT2D eigenvalue weighted by Crippen LogP contribution is 2.33. The average Bonchev–Trinajstić information content (AvgIpc) is 2.50. The second-order valence-corrected chi connectivity index (χ2v) is 5.45. The van der Waals surface area contributed by atoms with E-state index in [1.54, 1.807) is 0 Å². The normalized spacial score (nSPS) is 16.0. The molecule has 1 aliphatic rings. The fourth-order valence-corrected chi connectivity index (χ4v) is 2.85. The standard InChI is InChI=1S/C15H23N3O3.2ClH/c1-2-3-4-13(17-9-7-16-8-10-17)12-5-6-15(19)14(11-12)18(20)21;;/h5-6,11,13,16,19H,2-4,7-10H2,1H3;2*1H/t13-;;/m1../s1. The Bertz CT molecular complexity index is 497. The lowest BCUT2D eigenvalue weighted by molar-refractivity contribution is -0.386. The number of nitro groups is 1. The van der Waals surface area contributed by atoms with Crippen molar-refractivity contribution in [3.63, 3.8) is 0 Å². The van der Waals surface area contributed by atoms with Gasteiger partial charge in [-0.3, -0.25) is 15.0 Å². The lowest BCUT2D eigenvalue weighted by Crippen LogP contribution is -2.45. The van der Waals surface area contributed by atoms with E-state index in [2.05, 4.69) is 17.1 Å². The van der Waals surface area contributed by atoms with E-state index in [0.29, 0.717) is 0 Å². The highest BCUT2D eigenvalue weighted by molar-refractivity contribution is 5.85. The molecule has 6 nitrogen and oxygen atoms in total. The van der Waals surface area contributed by atoms with Crippen LogP contribution in [0, 0.1) is 10.1 Å². The molecule has 23 heavy (non-hydrogen) atoms. The number of halogens is 2. The Morgan fingerprint density at radius 1 is 1.35 bits per heavy atom. The maximum Gasteiger partial charge on any atom is 0.311 e. The minimum Gasteiger partial charge on any atom is -0.502 e. The summed E-state index contributed by atoms with van der Waals surface area (Å²) in [6.07, 6.45) is 3.17. The van der Waals surface area contributed by atoms with E-state index < -0.39 is 4.92 Å². The van der Waals surface area contributed by atoms with Crippen LogP contribution in [0.5, 0.6) is 5.75 Å². The van der Waals surface area contributed by atoms with Crippen LogP contribution in [0.1, 0.15) is 37.8 Å². The third kappa shape index (κ3) is 5.80. The fourth-order valence-electron chi connectivity index (χ4n) is 2.85. The van der Waals surface area contributed by atoms with Crippen LogP contribution in [0.25, 0.3) is 0 Å². The molecule has 1 saturated heterocycles. The Morgan fingerprint density at radius 2 is 2.00 bits per heavy atom. The molecule has 0 spiro atoms. The summed E-state index contributed by atoms with van der Waals surface area (Å²) in [5.41, 5.74) is 0.721.